The predicted molar refractivity (Wildman–Crippen MR) is 116 cm³/mol. The van der Waals surface area contributed by atoms with Crippen molar-refractivity contribution in [2.45, 2.75) is 33.1 Å². The molecule has 30 heavy (non-hydrogen) atoms. The average molecular weight is 406 g/mol. The second-order valence-corrected chi connectivity index (χ2v) is 6.55. The van der Waals surface area contributed by atoms with Gasteiger partial charge >= 0.3 is 5.97 Å². The molecular formula is C24H26N2O4. The molecule has 0 spiro atoms. The number of unbranched alkanes of at least 4 members (excludes halogenated alkanes) is 2. The molecule has 6 nitrogen and oxygen atoms in total. The average Bonchev–Trinajstić information content (AvgIpc) is 2.76. The van der Waals surface area contributed by atoms with Gasteiger partial charge in [-0.2, -0.15) is 5.26 Å². The summed E-state index contributed by atoms with van der Waals surface area (Å²) in [6, 6.07) is 15.4. The summed E-state index contributed by atoms with van der Waals surface area (Å²) in [4.78, 5) is 24.4. The molecule has 2 aromatic rings. The Morgan fingerprint density at radius 2 is 1.73 bits per heavy atom. The van der Waals surface area contributed by atoms with E-state index in [0.717, 1.165) is 25.0 Å². The van der Waals surface area contributed by atoms with Crippen molar-refractivity contribution in [1.29, 1.82) is 5.26 Å². The number of esters is 1. The number of amides is 1. The fraction of sp³-hybridized carbons (Fsp3) is 0.292. The number of hydrogen-bond acceptors (Lipinski definition) is 5. The molecule has 0 atom stereocenters. The van der Waals surface area contributed by atoms with Crippen LogP contribution in [0.4, 0.5) is 5.69 Å². The number of nitrogens with zero attached hydrogens (tertiary/aromatic N) is 1. The first kappa shape index (κ1) is 22.7. The first-order valence-electron chi connectivity index (χ1n) is 10.0. The van der Waals surface area contributed by atoms with Crippen LogP contribution in [0.5, 0.6) is 5.75 Å². The zero-order valence-electron chi connectivity index (χ0n) is 17.3. The highest BCUT2D eigenvalue weighted by Crippen LogP contribution is 2.16. The van der Waals surface area contributed by atoms with Crippen molar-refractivity contribution in [3.8, 4) is 11.8 Å². The Bertz CT molecular complexity index is 910. The summed E-state index contributed by atoms with van der Waals surface area (Å²) in [5.74, 6) is -0.194. The minimum Gasteiger partial charge on any atom is -0.494 e. The summed E-state index contributed by atoms with van der Waals surface area (Å²) in [5.41, 5.74) is 1.58. The lowest BCUT2D eigenvalue weighted by Gasteiger charge is -2.07. The molecule has 0 aliphatic carbocycles. The van der Waals surface area contributed by atoms with E-state index >= 15 is 0 Å². The van der Waals surface area contributed by atoms with Gasteiger partial charge in [0.05, 0.1) is 18.8 Å². The van der Waals surface area contributed by atoms with Gasteiger partial charge in [-0.15, -0.1) is 0 Å². The van der Waals surface area contributed by atoms with E-state index in [9.17, 15) is 14.9 Å². The summed E-state index contributed by atoms with van der Waals surface area (Å²) in [7, 11) is 0. The smallest absolute Gasteiger partial charge is 0.338 e. The minimum atomic E-state index is -0.527. The van der Waals surface area contributed by atoms with Crippen molar-refractivity contribution in [2.24, 2.45) is 0 Å². The number of hydrogen-bond donors (Lipinski definition) is 1. The van der Waals surface area contributed by atoms with E-state index in [0.29, 0.717) is 30.0 Å². The highest BCUT2D eigenvalue weighted by atomic mass is 16.5. The monoisotopic (exact) mass is 406 g/mol. The van der Waals surface area contributed by atoms with Gasteiger partial charge in [-0.3, -0.25) is 4.79 Å². The van der Waals surface area contributed by atoms with Crippen LogP contribution in [0.15, 0.2) is 54.1 Å². The van der Waals surface area contributed by atoms with E-state index in [1.54, 1.807) is 48.5 Å². The van der Waals surface area contributed by atoms with Crippen LogP contribution in [0.3, 0.4) is 0 Å². The number of nitriles is 1. The largest absolute Gasteiger partial charge is 0.494 e. The number of anilines is 1. The van der Waals surface area contributed by atoms with Crippen LogP contribution in [0.1, 0.15) is 49.0 Å². The zero-order valence-corrected chi connectivity index (χ0v) is 17.3. The van der Waals surface area contributed by atoms with Gasteiger partial charge < -0.3 is 14.8 Å². The Morgan fingerprint density at radius 3 is 2.33 bits per heavy atom. The molecule has 0 fully saturated rings. The summed E-state index contributed by atoms with van der Waals surface area (Å²) < 4.78 is 10.6. The van der Waals surface area contributed by atoms with Gasteiger partial charge in [0, 0.05) is 5.69 Å². The quantitative estimate of drug-likeness (QED) is 0.260. The molecule has 0 aromatic heterocycles. The van der Waals surface area contributed by atoms with Crippen LogP contribution in [-0.4, -0.2) is 25.1 Å². The van der Waals surface area contributed by atoms with Gasteiger partial charge in [0.15, 0.2) is 0 Å². The lowest BCUT2D eigenvalue weighted by Crippen LogP contribution is -2.13. The van der Waals surface area contributed by atoms with Crippen LogP contribution in [0.25, 0.3) is 6.08 Å². The van der Waals surface area contributed by atoms with E-state index in [-0.39, 0.29) is 5.57 Å². The Kier molecular flexibility index (Phi) is 9.14. The molecule has 0 bridgehead atoms. The van der Waals surface area contributed by atoms with Gasteiger partial charge in [-0.1, -0.05) is 31.9 Å². The number of benzene rings is 2. The molecule has 0 saturated heterocycles. The number of nitrogens with one attached hydrogen (secondary N) is 1. The van der Waals surface area contributed by atoms with Crippen molar-refractivity contribution < 1.29 is 19.1 Å². The number of ether oxygens (including phenoxy) is 2. The van der Waals surface area contributed by atoms with Crippen molar-refractivity contribution in [2.75, 3.05) is 18.5 Å². The lowest BCUT2D eigenvalue weighted by atomic mass is 10.1. The third-order valence-corrected chi connectivity index (χ3v) is 4.23. The van der Waals surface area contributed by atoms with E-state index < -0.39 is 11.9 Å². The minimum absolute atomic E-state index is 0.0291. The van der Waals surface area contributed by atoms with E-state index in [2.05, 4.69) is 12.2 Å². The molecule has 6 heteroatoms. The molecule has 1 N–H and O–H groups in total. The summed E-state index contributed by atoms with van der Waals surface area (Å²) in [6.45, 7) is 4.94. The highest BCUT2D eigenvalue weighted by Gasteiger charge is 2.11. The number of carbonyl (C=O) groups excluding carboxylic acids is 2. The Morgan fingerprint density at radius 1 is 1.03 bits per heavy atom. The number of carbonyl (C=O) groups is 2. The van der Waals surface area contributed by atoms with Crippen LogP contribution in [-0.2, 0) is 9.53 Å². The van der Waals surface area contributed by atoms with E-state index in [1.807, 2.05) is 13.0 Å². The summed E-state index contributed by atoms with van der Waals surface area (Å²) >= 11 is 0. The normalized spacial score (nSPS) is 10.8. The van der Waals surface area contributed by atoms with Crippen LogP contribution < -0.4 is 10.1 Å². The van der Waals surface area contributed by atoms with Crippen LogP contribution in [0.2, 0.25) is 0 Å². The molecule has 0 unspecified atom stereocenters. The van der Waals surface area contributed by atoms with Crippen molar-refractivity contribution in [3.05, 3.63) is 65.2 Å². The highest BCUT2D eigenvalue weighted by molar-refractivity contribution is 6.09. The van der Waals surface area contributed by atoms with Gasteiger partial charge in [-0.05, 0) is 61.4 Å². The summed E-state index contributed by atoms with van der Waals surface area (Å²) in [6.07, 6.45) is 4.43. The molecule has 0 aliphatic heterocycles. The fourth-order valence-electron chi connectivity index (χ4n) is 2.63. The second-order valence-electron chi connectivity index (χ2n) is 6.55. The van der Waals surface area contributed by atoms with E-state index in [4.69, 9.17) is 9.47 Å². The topological polar surface area (TPSA) is 88.4 Å². The van der Waals surface area contributed by atoms with Gasteiger partial charge in [0.1, 0.15) is 17.4 Å². The second kappa shape index (κ2) is 12.1. The molecule has 1 amide bonds. The standard InChI is InChI=1S/C24H26N2O4/c1-3-5-6-15-30-24(28)19-9-11-21(12-10-19)26-23(27)20(17-25)16-18-7-13-22(14-8-18)29-4-2/h7-14,16H,3-6,15H2,1-2H3,(H,26,27). The molecule has 2 aromatic carbocycles. The van der Waals surface area contributed by atoms with E-state index in [1.165, 1.54) is 6.08 Å². The van der Waals surface area contributed by atoms with Crippen molar-refractivity contribution >= 4 is 23.6 Å². The van der Waals surface area contributed by atoms with Crippen LogP contribution >= 0.6 is 0 Å². The fourth-order valence-corrected chi connectivity index (χ4v) is 2.63. The molecule has 0 heterocycles. The SMILES string of the molecule is CCCCCOC(=O)c1ccc(NC(=O)C(C#N)=Cc2ccc(OCC)cc2)cc1. The first-order chi connectivity index (χ1) is 14.6. The van der Waals surface area contributed by atoms with Crippen molar-refractivity contribution in [1.82, 2.24) is 0 Å². The molecular weight excluding hydrogens is 380 g/mol. The Labute approximate surface area is 177 Å². The maximum atomic E-state index is 12.4. The third kappa shape index (κ3) is 7.10. The molecule has 0 radical (unpaired) electrons. The Balaban J connectivity index is 1.98. The van der Waals surface area contributed by atoms with Gasteiger partial charge in [0.2, 0.25) is 0 Å². The van der Waals surface area contributed by atoms with Gasteiger partial charge in [-0.25, -0.2) is 4.79 Å². The zero-order chi connectivity index (χ0) is 21.8. The van der Waals surface area contributed by atoms with Crippen LogP contribution in [0, 0.1) is 11.3 Å². The predicted octanol–water partition coefficient (Wildman–Crippen LogP) is 4.98. The first-order valence-corrected chi connectivity index (χ1v) is 10.0. The molecule has 2 rings (SSSR count). The summed E-state index contributed by atoms with van der Waals surface area (Å²) in [5, 5.41) is 12.0. The molecule has 0 aliphatic rings. The molecule has 156 valence electrons. The maximum Gasteiger partial charge on any atom is 0.338 e. The van der Waals surface area contributed by atoms with Gasteiger partial charge in [0.25, 0.3) is 5.91 Å². The molecule has 0 saturated carbocycles. The lowest BCUT2D eigenvalue weighted by molar-refractivity contribution is -0.112. The third-order valence-electron chi connectivity index (χ3n) is 4.23. The van der Waals surface area contributed by atoms with Crippen molar-refractivity contribution in [3.63, 3.8) is 0 Å². The number of rotatable bonds is 10. The maximum absolute atomic E-state index is 12.4. The Hall–Kier alpha value is -3.59.